The summed E-state index contributed by atoms with van der Waals surface area (Å²) in [6.45, 7) is 8.98. The van der Waals surface area contributed by atoms with Gasteiger partial charge in [0.2, 0.25) is 0 Å². The van der Waals surface area contributed by atoms with Crippen molar-refractivity contribution in [3.63, 3.8) is 0 Å². The molecule has 1 atom stereocenters. The Hall–Kier alpha value is -1.06. The first kappa shape index (κ1) is 12.4. The van der Waals surface area contributed by atoms with Gasteiger partial charge in [0.1, 0.15) is 11.3 Å². The van der Waals surface area contributed by atoms with Gasteiger partial charge in [-0.2, -0.15) is 0 Å². The molecular weight excluding hydrogens is 278 g/mol. The standard InChI is InChI=1S/C14H16BrNO/c1-4-16-13(9(2)3)12-8-10-6-5-7-11(15)14(10)17-12/h5-8,13,16H,2,4H2,1,3H3. The van der Waals surface area contributed by atoms with Crippen molar-refractivity contribution in [1.29, 1.82) is 0 Å². The lowest BCUT2D eigenvalue weighted by atomic mass is 10.1. The number of benzene rings is 1. The summed E-state index contributed by atoms with van der Waals surface area (Å²) < 4.78 is 6.89. The number of hydrogen-bond acceptors (Lipinski definition) is 2. The van der Waals surface area contributed by atoms with Crippen LogP contribution in [0.4, 0.5) is 0 Å². The maximum Gasteiger partial charge on any atom is 0.148 e. The SMILES string of the molecule is C=C(C)C(NCC)c1cc2cccc(Br)c2o1. The molecule has 1 aromatic carbocycles. The zero-order chi connectivity index (χ0) is 12.4. The fraction of sp³-hybridized carbons (Fsp3) is 0.286. The van der Waals surface area contributed by atoms with Crippen LogP contribution >= 0.6 is 15.9 Å². The molecule has 0 fully saturated rings. The Labute approximate surface area is 110 Å². The highest BCUT2D eigenvalue weighted by molar-refractivity contribution is 9.10. The monoisotopic (exact) mass is 293 g/mol. The summed E-state index contributed by atoms with van der Waals surface area (Å²) in [5, 5.41) is 4.48. The molecule has 1 aromatic heterocycles. The number of furan rings is 1. The van der Waals surface area contributed by atoms with Gasteiger partial charge in [-0.15, -0.1) is 0 Å². The molecule has 0 saturated carbocycles. The summed E-state index contributed by atoms with van der Waals surface area (Å²) in [6.07, 6.45) is 0. The summed E-state index contributed by atoms with van der Waals surface area (Å²) >= 11 is 3.50. The molecular formula is C14H16BrNO. The van der Waals surface area contributed by atoms with Gasteiger partial charge >= 0.3 is 0 Å². The molecule has 0 bridgehead atoms. The molecule has 17 heavy (non-hydrogen) atoms. The van der Waals surface area contributed by atoms with Crippen LogP contribution in [0.15, 0.2) is 45.3 Å². The summed E-state index contributed by atoms with van der Waals surface area (Å²) in [7, 11) is 0. The van der Waals surface area contributed by atoms with Gasteiger partial charge < -0.3 is 9.73 Å². The molecule has 1 unspecified atom stereocenters. The molecule has 0 amide bonds. The number of fused-ring (bicyclic) bond motifs is 1. The first-order valence-electron chi connectivity index (χ1n) is 5.70. The second-order valence-electron chi connectivity index (χ2n) is 4.14. The highest BCUT2D eigenvalue weighted by atomic mass is 79.9. The molecule has 0 aliphatic carbocycles. The van der Waals surface area contributed by atoms with Gasteiger partial charge in [-0.25, -0.2) is 0 Å². The van der Waals surface area contributed by atoms with Crippen molar-refractivity contribution in [1.82, 2.24) is 5.32 Å². The predicted octanol–water partition coefficient (Wildman–Crippen LogP) is 4.42. The number of likely N-dealkylation sites (N-methyl/N-ethyl adjacent to an activating group) is 1. The van der Waals surface area contributed by atoms with Crippen LogP contribution in [-0.4, -0.2) is 6.54 Å². The van der Waals surface area contributed by atoms with Crippen molar-refractivity contribution in [3.8, 4) is 0 Å². The normalized spacial score (nSPS) is 12.9. The van der Waals surface area contributed by atoms with E-state index < -0.39 is 0 Å². The van der Waals surface area contributed by atoms with Crippen LogP contribution in [0.3, 0.4) is 0 Å². The molecule has 0 aliphatic rings. The molecule has 2 nitrogen and oxygen atoms in total. The average Bonchev–Trinajstić information content (AvgIpc) is 2.70. The minimum Gasteiger partial charge on any atom is -0.458 e. The number of nitrogens with one attached hydrogen (secondary N) is 1. The van der Waals surface area contributed by atoms with Crippen LogP contribution in [0.1, 0.15) is 25.6 Å². The lowest BCUT2D eigenvalue weighted by Gasteiger charge is -2.14. The van der Waals surface area contributed by atoms with E-state index in [4.69, 9.17) is 4.42 Å². The predicted molar refractivity (Wildman–Crippen MR) is 75.1 cm³/mol. The topological polar surface area (TPSA) is 25.2 Å². The zero-order valence-corrected chi connectivity index (χ0v) is 11.7. The van der Waals surface area contributed by atoms with Gasteiger partial charge in [0.25, 0.3) is 0 Å². The number of halogens is 1. The van der Waals surface area contributed by atoms with Crippen LogP contribution in [-0.2, 0) is 0 Å². The lowest BCUT2D eigenvalue weighted by molar-refractivity contribution is 0.472. The minimum absolute atomic E-state index is 0.0827. The Morgan fingerprint density at radius 1 is 1.53 bits per heavy atom. The number of rotatable bonds is 4. The van der Waals surface area contributed by atoms with Gasteiger partial charge in [0.05, 0.1) is 10.5 Å². The third kappa shape index (κ3) is 2.45. The van der Waals surface area contributed by atoms with Crippen LogP contribution in [0.5, 0.6) is 0 Å². The smallest absolute Gasteiger partial charge is 0.148 e. The molecule has 90 valence electrons. The quantitative estimate of drug-likeness (QED) is 0.844. The Kier molecular flexibility index (Phi) is 3.69. The van der Waals surface area contributed by atoms with Crippen LogP contribution in [0.2, 0.25) is 0 Å². The second-order valence-corrected chi connectivity index (χ2v) is 5.00. The van der Waals surface area contributed by atoms with Crippen LogP contribution in [0, 0.1) is 0 Å². The molecule has 2 rings (SSSR count). The maximum atomic E-state index is 5.90. The highest BCUT2D eigenvalue weighted by Crippen LogP contribution is 2.31. The first-order chi connectivity index (χ1) is 8.13. The van der Waals surface area contributed by atoms with E-state index in [9.17, 15) is 0 Å². The summed E-state index contributed by atoms with van der Waals surface area (Å²) in [5.41, 5.74) is 1.95. The van der Waals surface area contributed by atoms with Crippen molar-refractivity contribution in [2.24, 2.45) is 0 Å². The number of para-hydroxylation sites is 1. The summed E-state index contributed by atoms with van der Waals surface area (Å²) in [6, 6.07) is 8.20. The van der Waals surface area contributed by atoms with Crippen molar-refractivity contribution in [2.45, 2.75) is 19.9 Å². The molecule has 3 heteroatoms. The Bertz CT molecular complexity index is 544. The first-order valence-corrected chi connectivity index (χ1v) is 6.49. The fourth-order valence-corrected chi connectivity index (χ4v) is 2.37. The third-order valence-electron chi connectivity index (χ3n) is 2.70. The van der Waals surface area contributed by atoms with E-state index in [1.54, 1.807) is 0 Å². The zero-order valence-electron chi connectivity index (χ0n) is 10.1. The Balaban J connectivity index is 2.47. The van der Waals surface area contributed by atoms with Gasteiger partial charge in [-0.1, -0.05) is 31.2 Å². The number of hydrogen-bond donors (Lipinski definition) is 1. The van der Waals surface area contributed by atoms with Gasteiger partial charge in [0, 0.05) is 5.39 Å². The molecule has 2 aromatic rings. The van der Waals surface area contributed by atoms with Crippen molar-refractivity contribution >= 4 is 26.9 Å². The fourth-order valence-electron chi connectivity index (χ4n) is 1.91. The highest BCUT2D eigenvalue weighted by Gasteiger charge is 2.16. The molecule has 0 saturated heterocycles. The van der Waals surface area contributed by atoms with Gasteiger partial charge in [0.15, 0.2) is 0 Å². The van der Waals surface area contributed by atoms with Gasteiger partial charge in [-0.05, 0) is 41.5 Å². The molecule has 1 heterocycles. The van der Waals surface area contributed by atoms with E-state index in [0.717, 1.165) is 33.3 Å². The molecule has 0 aliphatic heterocycles. The summed E-state index contributed by atoms with van der Waals surface area (Å²) in [5.74, 6) is 0.918. The van der Waals surface area contributed by atoms with Crippen molar-refractivity contribution < 1.29 is 4.42 Å². The maximum absolute atomic E-state index is 5.90. The van der Waals surface area contributed by atoms with Crippen molar-refractivity contribution in [2.75, 3.05) is 6.54 Å². The van der Waals surface area contributed by atoms with Crippen LogP contribution < -0.4 is 5.32 Å². The Morgan fingerprint density at radius 2 is 2.29 bits per heavy atom. The second kappa shape index (κ2) is 5.07. The molecule has 0 radical (unpaired) electrons. The lowest BCUT2D eigenvalue weighted by Crippen LogP contribution is -2.20. The average molecular weight is 294 g/mol. The van der Waals surface area contributed by atoms with Crippen LogP contribution in [0.25, 0.3) is 11.0 Å². The Morgan fingerprint density at radius 3 is 2.88 bits per heavy atom. The van der Waals surface area contributed by atoms with E-state index in [1.165, 1.54) is 0 Å². The van der Waals surface area contributed by atoms with Gasteiger partial charge in [-0.3, -0.25) is 0 Å². The minimum atomic E-state index is 0.0827. The summed E-state index contributed by atoms with van der Waals surface area (Å²) in [4.78, 5) is 0. The molecule has 0 spiro atoms. The van der Waals surface area contributed by atoms with E-state index in [2.05, 4.69) is 46.9 Å². The largest absolute Gasteiger partial charge is 0.458 e. The third-order valence-corrected chi connectivity index (χ3v) is 3.33. The van der Waals surface area contributed by atoms with E-state index in [-0.39, 0.29) is 6.04 Å². The van der Waals surface area contributed by atoms with E-state index >= 15 is 0 Å². The van der Waals surface area contributed by atoms with Crippen molar-refractivity contribution in [3.05, 3.63) is 46.7 Å². The van der Waals surface area contributed by atoms with E-state index in [1.807, 2.05) is 19.1 Å². The van der Waals surface area contributed by atoms with E-state index in [0.29, 0.717) is 0 Å². The molecule has 1 N–H and O–H groups in total.